The number of fused-ring (bicyclic) bond motifs is 2. The minimum absolute atomic E-state index is 0.172. The van der Waals surface area contributed by atoms with E-state index in [1.54, 1.807) is 6.07 Å². The van der Waals surface area contributed by atoms with Crippen LogP contribution < -0.4 is 0 Å². The van der Waals surface area contributed by atoms with Gasteiger partial charge in [-0.25, -0.2) is 0 Å². The van der Waals surface area contributed by atoms with Crippen molar-refractivity contribution in [1.29, 1.82) is 5.26 Å². The first-order valence-corrected chi connectivity index (χ1v) is 9.54. The highest BCUT2D eigenvalue weighted by atomic mass is 16.1. The molecule has 2 aliphatic heterocycles. The SMILES string of the molecule is N#Cc1cccc(CC(=O)C2CC3CCC(C2)N3Cc2ccccc2)c1. The molecule has 2 heterocycles. The molecule has 2 atom stereocenters. The van der Waals surface area contributed by atoms with E-state index in [1.165, 1.54) is 18.4 Å². The average Bonchev–Trinajstić information content (AvgIpc) is 2.90. The molecule has 2 aromatic rings. The summed E-state index contributed by atoms with van der Waals surface area (Å²) in [5.41, 5.74) is 2.96. The van der Waals surface area contributed by atoms with Crippen LogP contribution in [0.15, 0.2) is 54.6 Å². The molecule has 132 valence electrons. The van der Waals surface area contributed by atoms with Crippen LogP contribution in [0.4, 0.5) is 0 Å². The van der Waals surface area contributed by atoms with E-state index in [2.05, 4.69) is 41.3 Å². The summed E-state index contributed by atoms with van der Waals surface area (Å²) in [4.78, 5) is 15.5. The Morgan fingerprint density at radius 1 is 1.00 bits per heavy atom. The van der Waals surface area contributed by atoms with E-state index < -0.39 is 0 Å². The average molecular weight is 344 g/mol. The Hall–Kier alpha value is -2.44. The Bertz CT molecular complexity index is 810. The fourth-order valence-electron chi connectivity index (χ4n) is 4.69. The number of carbonyl (C=O) groups excluding carboxylic acids is 1. The van der Waals surface area contributed by atoms with Crippen LogP contribution in [0.25, 0.3) is 0 Å². The fourth-order valence-corrected chi connectivity index (χ4v) is 4.69. The molecule has 0 N–H and O–H groups in total. The van der Waals surface area contributed by atoms with Crippen molar-refractivity contribution in [3.63, 3.8) is 0 Å². The fraction of sp³-hybridized carbons (Fsp3) is 0.391. The maximum absolute atomic E-state index is 12.8. The molecule has 3 nitrogen and oxygen atoms in total. The summed E-state index contributed by atoms with van der Waals surface area (Å²) in [7, 11) is 0. The smallest absolute Gasteiger partial charge is 0.140 e. The van der Waals surface area contributed by atoms with Crippen molar-refractivity contribution in [2.75, 3.05) is 0 Å². The minimum Gasteiger partial charge on any atom is -0.299 e. The summed E-state index contributed by atoms with van der Waals surface area (Å²) in [5.74, 6) is 0.515. The number of benzene rings is 2. The molecule has 0 amide bonds. The van der Waals surface area contributed by atoms with E-state index in [-0.39, 0.29) is 5.92 Å². The van der Waals surface area contributed by atoms with Crippen LogP contribution in [0.1, 0.15) is 42.4 Å². The predicted molar refractivity (Wildman–Crippen MR) is 101 cm³/mol. The number of piperidine rings is 1. The van der Waals surface area contributed by atoms with Crippen LogP contribution >= 0.6 is 0 Å². The molecule has 0 radical (unpaired) electrons. The van der Waals surface area contributed by atoms with Crippen LogP contribution in [0.3, 0.4) is 0 Å². The first-order chi connectivity index (χ1) is 12.7. The zero-order valence-electron chi connectivity index (χ0n) is 15.0. The standard InChI is InChI=1S/C23H24N2O/c24-15-19-8-4-7-18(11-19)12-23(26)20-13-21-9-10-22(14-20)25(21)16-17-5-2-1-3-6-17/h1-8,11,20-22H,9-10,12-14,16H2. The zero-order chi connectivity index (χ0) is 17.9. The van der Waals surface area contributed by atoms with Crippen molar-refractivity contribution in [2.45, 2.75) is 50.7 Å². The number of hydrogen-bond acceptors (Lipinski definition) is 3. The van der Waals surface area contributed by atoms with Crippen LogP contribution in [-0.4, -0.2) is 22.8 Å². The number of nitriles is 1. The molecule has 0 aliphatic carbocycles. The molecule has 2 aromatic carbocycles. The second-order valence-corrected chi connectivity index (χ2v) is 7.67. The topological polar surface area (TPSA) is 44.1 Å². The Balaban J connectivity index is 1.40. The highest BCUT2D eigenvalue weighted by molar-refractivity contribution is 5.83. The third-order valence-corrected chi connectivity index (χ3v) is 5.98. The summed E-state index contributed by atoms with van der Waals surface area (Å²) in [6.45, 7) is 1.00. The van der Waals surface area contributed by atoms with Crippen molar-refractivity contribution in [3.05, 3.63) is 71.3 Å². The molecule has 2 aliphatic rings. The van der Waals surface area contributed by atoms with Crippen LogP contribution in [-0.2, 0) is 17.8 Å². The highest BCUT2D eigenvalue weighted by Crippen LogP contribution is 2.40. The Kier molecular flexibility index (Phi) is 4.86. The van der Waals surface area contributed by atoms with Gasteiger partial charge >= 0.3 is 0 Å². The predicted octanol–water partition coefficient (Wildman–Crippen LogP) is 4.11. The Morgan fingerprint density at radius 3 is 2.38 bits per heavy atom. The van der Waals surface area contributed by atoms with Crippen molar-refractivity contribution >= 4 is 5.78 Å². The second kappa shape index (κ2) is 7.43. The quantitative estimate of drug-likeness (QED) is 0.820. The lowest BCUT2D eigenvalue weighted by Crippen LogP contribution is -2.44. The largest absolute Gasteiger partial charge is 0.299 e. The summed E-state index contributed by atoms with van der Waals surface area (Å²) in [6.07, 6.45) is 4.86. The molecule has 3 heteroatoms. The monoisotopic (exact) mass is 344 g/mol. The Morgan fingerprint density at radius 2 is 1.69 bits per heavy atom. The molecule has 0 spiro atoms. The van der Waals surface area contributed by atoms with Gasteiger partial charge in [0.1, 0.15) is 5.78 Å². The van der Waals surface area contributed by atoms with E-state index >= 15 is 0 Å². The van der Waals surface area contributed by atoms with E-state index in [0.717, 1.165) is 24.9 Å². The van der Waals surface area contributed by atoms with Gasteiger partial charge in [-0.2, -0.15) is 5.26 Å². The molecule has 0 aromatic heterocycles. The van der Waals surface area contributed by atoms with Gasteiger partial charge in [0.05, 0.1) is 11.6 Å². The molecular weight excluding hydrogens is 320 g/mol. The molecule has 26 heavy (non-hydrogen) atoms. The minimum atomic E-state index is 0.172. The van der Waals surface area contributed by atoms with Crippen LogP contribution in [0.5, 0.6) is 0 Å². The van der Waals surface area contributed by atoms with Gasteiger partial charge in [-0.3, -0.25) is 9.69 Å². The third kappa shape index (κ3) is 3.57. The number of Topliss-reactive ketones (excluding diaryl/α,β-unsaturated/α-hetero) is 1. The number of hydrogen-bond donors (Lipinski definition) is 0. The highest BCUT2D eigenvalue weighted by Gasteiger charge is 2.42. The molecule has 2 bridgehead atoms. The molecular formula is C23H24N2O. The Labute approximate surface area is 155 Å². The van der Waals surface area contributed by atoms with Crippen LogP contribution in [0, 0.1) is 17.2 Å². The van der Waals surface area contributed by atoms with Gasteiger partial charge in [0.15, 0.2) is 0 Å². The summed E-state index contributed by atoms with van der Waals surface area (Å²) in [5, 5.41) is 9.03. The first-order valence-electron chi connectivity index (χ1n) is 9.54. The van der Waals surface area contributed by atoms with Gasteiger partial charge in [-0.15, -0.1) is 0 Å². The lowest BCUT2D eigenvalue weighted by Gasteiger charge is -2.38. The van der Waals surface area contributed by atoms with E-state index in [4.69, 9.17) is 5.26 Å². The van der Waals surface area contributed by atoms with E-state index in [1.807, 2.05) is 18.2 Å². The van der Waals surface area contributed by atoms with E-state index in [9.17, 15) is 4.79 Å². The maximum Gasteiger partial charge on any atom is 0.140 e. The molecule has 2 unspecified atom stereocenters. The van der Waals surface area contributed by atoms with Crippen molar-refractivity contribution in [3.8, 4) is 6.07 Å². The summed E-state index contributed by atoms with van der Waals surface area (Å²) >= 11 is 0. The summed E-state index contributed by atoms with van der Waals surface area (Å²) < 4.78 is 0. The number of rotatable bonds is 5. The number of ketones is 1. The van der Waals surface area contributed by atoms with Crippen molar-refractivity contribution < 1.29 is 4.79 Å². The van der Waals surface area contributed by atoms with Crippen LogP contribution in [0.2, 0.25) is 0 Å². The van der Waals surface area contributed by atoms with Crippen molar-refractivity contribution in [1.82, 2.24) is 4.90 Å². The van der Waals surface area contributed by atoms with Gasteiger partial charge in [0.25, 0.3) is 0 Å². The second-order valence-electron chi connectivity index (χ2n) is 7.67. The van der Waals surface area contributed by atoms with Gasteiger partial charge in [-0.1, -0.05) is 42.5 Å². The van der Waals surface area contributed by atoms with Gasteiger partial charge in [-0.05, 0) is 48.9 Å². The normalized spacial score (nSPS) is 25.0. The molecule has 2 fully saturated rings. The van der Waals surface area contributed by atoms with Gasteiger partial charge in [0, 0.05) is 31.0 Å². The number of nitrogens with zero attached hydrogens (tertiary/aromatic N) is 2. The molecule has 0 saturated carbocycles. The maximum atomic E-state index is 12.8. The first kappa shape index (κ1) is 17.0. The summed E-state index contributed by atoms with van der Waals surface area (Å²) in [6, 6.07) is 21.3. The third-order valence-electron chi connectivity index (χ3n) is 5.98. The van der Waals surface area contributed by atoms with Gasteiger partial charge in [0.2, 0.25) is 0 Å². The number of carbonyl (C=O) groups is 1. The zero-order valence-corrected chi connectivity index (χ0v) is 15.0. The molecule has 2 saturated heterocycles. The van der Waals surface area contributed by atoms with Gasteiger partial charge < -0.3 is 0 Å². The van der Waals surface area contributed by atoms with E-state index in [0.29, 0.717) is 29.9 Å². The molecule has 4 rings (SSSR count). The lowest BCUT2D eigenvalue weighted by molar-refractivity contribution is -0.124. The lowest BCUT2D eigenvalue weighted by atomic mass is 9.85. The van der Waals surface area contributed by atoms with Crippen molar-refractivity contribution in [2.24, 2.45) is 5.92 Å².